The zero-order chi connectivity index (χ0) is 82.2. The first-order chi connectivity index (χ1) is 54.3. The van der Waals surface area contributed by atoms with Crippen LogP contribution in [-0.2, 0) is 59.5 Å². The van der Waals surface area contributed by atoms with Crippen molar-refractivity contribution in [2.24, 2.45) is 0 Å². The average Bonchev–Trinajstić information content (AvgIpc) is 0.793. The second kappa shape index (κ2) is 40.4. The van der Waals surface area contributed by atoms with E-state index < -0.39 is 51.9 Å². The van der Waals surface area contributed by atoms with Crippen molar-refractivity contribution in [3.05, 3.63) is 372 Å². The Bertz CT molecular complexity index is 5810. The maximum Gasteiger partial charge on any atom is 0.264 e. The summed E-state index contributed by atoms with van der Waals surface area (Å²) in [5, 5.41) is 13.1. The molecule has 28 heteroatoms. The molecular weight excluding hydrogens is 1610 g/mol. The predicted octanol–water partition coefficient (Wildman–Crippen LogP) is 17.9. The first-order valence-corrected chi connectivity index (χ1v) is 42.6. The lowest BCUT2D eigenvalue weighted by atomic mass is 10.1. The van der Waals surface area contributed by atoms with E-state index in [0.29, 0.717) is 58.3 Å². The number of hydrogen-bond acceptors (Lipinski definition) is 12. The first kappa shape index (κ1) is 86.7. The van der Waals surface area contributed by atoms with Crippen molar-refractivity contribution in [1.82, 2.24) is 16.0 Å². The van der Waals surface area contributed by atoms with Gasteiger partial charge in [0.05, 0.1) is 64.6 Å². The number of carbonyl (C=O) groups excluding carboxylic acids is 4. The van der Waals surface area contributed by atoms with Crippen LogP contribution in [0.4, 0.5) is 28.4 Å². The molecule has 0 radical (unpaired) electrons. The maximum atomic E-state index is 13.1. The summed E-state index contributed by atoms with van der Waals surface area (Å²) in [6.07, 6.45) is 1.33. The maximum absolute atomic E-state index is 13.1. The largest absolute Gasteiger partial charge is 0.352 e. The molecule has 0 atom stereocenters. The molecule has 12 rings (SSSR count). The van der Waals surface area contributed by atoms with Gasteiger partial charge in [-0.1, -0.05) is 214 Å². The molecular formula is C86H80Cl4N8O12S4. The Labute approximate surface area is 685 Å². The van der Waals surface area contributed by atoms with E-state index in [1.54, 1.807) is 158 Å². The van der Waals surface area contributed by atoms with Gasteiger partial charge in [-0.25, -0.2) is 33.7 Å². The number of aryl methyl sites for hydroxylation is 4. The lowest BCUT2D eigenvalue weighted by Gasteiger charge is -2.22. The third-order valence-corrected chi connectivity index (χ3v) is 24.0. The van der Waals surface area contributed by atoms with Crippen molar-refractivity contribution in [3.8, 4) is 0 Å². The highest BCUT2D eigenvalue weighted by molar-refractivity contribution is 7.93. The monoisotopic (exact) mass is 1680 g/mol. The third kappa shape index (κ3) is 25.3. The molecule has 7 N–H and O–H groups in total. The van der Waals surface area contributed by atoms with E-state index >= 15 is 0 Å². The minimum atomic E-state index is -3.84. The zero-order valence-electron chi connectivity index (χ0n) is 62.2. The fourth-order valence-electron chi connectivity index (χ4n) is 10.8. The van der Waals surface area contributed by atoms with Gasteiger partial charge in [-0.3, -0.25) is 37.6 Å². The number of nitrogens with one attached hydrogen (secondary N) is 7. The van der Waals surface area contributed by atoms with Crippen molar-refractivity contribution < 1.29 is 52.8 Å². The van der Waals surface area contributed by atoms with E-state index in [1.807, 2.05) is 100 Å². The van der Waals surface area contributed by atoms with Gasteiger partial charge in [-0.15, -0.1) is 0 Å². The van der Waals surface area contributed by atoms with Gasteiger partial charge in [0, 0.05) is 52.5 Å². The Morgan fingerprint density at radius 1 is 0.316 bits per heavy atom. The van der Waals surface area contributed by atoms with E-state index in [9.17, 15) is 52.8 Å². The Balaban J connectivity index is 0.000000174. The highest BCUT2D eigenvalue weighted by Gasteiger charge is 2.27. The summed E-state index contributed by atoms with van der Waals surface area (Å²) in [5.74, 6) is -1.59. The number of halogens is 4. The zero-order valence-corrected chi connectivity index (χ0v) is 68.5. The van der Waals surface area contributed by atoms with Crippen LogP contribution in [0.3, 0.4) is 0 Å². The van der Waals surface area contributed by atoms with Gasteiger partial charge in [-0.2, -0.15) is 0 Å². The fraction of sp³-hybridized carbons (Fsp3) is 0.116. The molecule has 0 aromatic heterocycles. The summed E-state index contributed by atoms with van der Waals surface area (Å²) in [6.45, 7) is 8.65. The van der Waals surface area contributed by atoms with E-state index in [4.69, 9.17) is 46.4 Å². The topological polar surface area (TPSA) is 292 Å². The van der Waals surface area contributed by atoms with E-state index in [-0.39, 0.29) is 76.4 Å². The van der Waals surface area contributed by atoms with Gasteiger partial charge in [0.1, 0.15) is 0 Å². The molecule has 0 aliphatic rings. The van der Waals surface area contributed by atoms with Crippen LogP contribution in [-0.4, -0.2) is 77.4 Å². The number of amides is 4. The van der Waals surface area contributed by atoms with E-state index in [2.05, 4.69) is 35.4 Å². The van der Waals surface area contributed by atoms with Crippen molar-refractivity contribution >= 4 is 139 Å². The lowest BCUT2D eigenvalue weighted by molar-refractivity contribution is 0.0944. The van der Waals surface area contributed by atoms with Gasteiger partial charge in [0.2, 0.25) is 0 Å². The molecule has 0 aliphatic heterocycles. The Morgan fingerprint density at radius 2 is 0.649 bits per heavy atom. The smallest absolute Gasteiger partial charge is 0.264 e. The molecule has 12 aromatic rings. The molecule has 0 saturated heterocycles. The van der Waals surface area contributed by atoms with Gasteiger partial charge in [-0.05, 0) is 203 Å². The predicted molar refractivity (Wildman–Crippen MR) is 456 cm³/mol. The summed E-state index contributed by atoms with van der Waals surface area (Å²) in [4.78, 5) is 51.2. The van der Waals surface area contributed by atoms with Crippen molar-refractivity contribution in [2.45, 2.75) is 66.7 Å². The highest BCUT2D eigenvalue weighted by atomic mass is 35.5. The number of anilines is 5. The number of sulfonamides is 4. The van der Waals surface area contributed by atoms with Crippen molar-refractivity contribution in [3.63, 3.8) is 0 Å². The molecule has 114 heavy (non-hydrogen) atoms. The van der Waals surface area contributed by atoms with Gasteiger partial charge >= 0.3 is 0 Å². The molecule has 0 saturated carbocycles. The molecule has 4 amide bonds. The second-order valence-electron chi connectivity index (χ2n) is 25.7. The molecule has 0 bridgehead atoms. The standard InChI is InChI=1S/C23H23ClN2O3S.C22H21ClN2O3S.C21H19ClN2O3S.C20H17ClN2O3S/c1-17-8-11-20(12-9-17)30(28,29)26(2)22-13-10-19(24)16-21(22)23(27)25-15-14-18-6-4-3-5-7-18;1-16-7-10-19(11-8-16)29(27,28)25-21-12-9-18(23)15-20(21)22(26)24-14-13-17-5-3-2-4-6-17;1-15-6-12-18(13-7-15)28(26,27)24-20-5-3-2-4-19(20)21(25)23-14-16-8-10-17(22)11-9-16;1-14-6-12-17(13-7-14)27(25,26)23-19-5-3-2-4-18(19)20(24)22-16-10-8-15(21)9-11-16/h3-13,16H,14-15H2,1-2H3,(H,25,27);2-12,15,25H,13-14H2,1H3,(H,24,26);2-13,24H,14H2,1H3,(H,23,25);2-13,23H,1H3,(H,22,24). The van der Waals surface area contributed by atoms with Crippen molar-refractivity contribution in [1.29, 1.82) is 0 Å². The SMILES string of the molecule is Cc1ccc(S(=O)(=O)N(C)c2ccc(Cl)cc2C(=O)NCCc2ccccc2)cc1.Cc1ccc(S(=O)(=O)Nc2ccc(Cl)cc2C(=O)NCCc2ccccc2)cc1.Cc1ccc(S(=O)(=O)Nc2ccccc2C(=O)NCc2ccc(Cl)cc2)cc1.Cc1ccc(S(=O)(=O)Nc2ccccc2C(=O)Nc2ccc(Cl)cc2)cc1. The molecule has 0 spiro atoms. The molecule has 20 nitrogen and oxygen atoms in total. The molecule has 12 aromatic carbocycles. The third-order valence-electron chi connectivity index (χ3n) is 17.1. The minimum Gasteiger partial charge on any atom is -0.352 e. The fourth-order valence-corrected chi connectivity index (χ4v) is 15.8. The van der Waals surface area contributed by atoms with E-state index in [1.165, 1.54) is 67.7 Å². The Morgan fingerprint density at radius 3 is 1.08 bits per heavy atom. The van der Waals surface area contributed by atoms with E-state index in [0.717, 1.165) is 43.2 Å². The van der Waals surface area contributed by atoms with Crippen LogP contribution in [0.2, 0.25) is 20.1 Å². The summed E-state index contributed by atoms with van der Waals surface area (Å²) >= 11 is 23.8. The normalized spacial score (nSPS) is 11.1. The summed E-state index contributed by atoms with van der Waals surface area (Å²) < 4.78 is 111. The summed E-state index contributed by atoms with van der Waals surface area (Å²) in [5.41, 5.74) is 9.14. The molecule has 588 valence electrons. The Kier molecular flexibility index (Phi) is 30.7. The van der Waals surface area contributed by atoms with Gasteiger partial charge in [0.15, 0.2) is 0 Å². The lowest BCUT2D eigenvalue weighted by Crippen LogP contribution is -2.31. The van der Waals surface area contributed by atoms with Crippen LogP contribution < -0.4 is 39.7 Å². The van der Waals surface area contributed by atoms with Crippen LogP contribution in [0.1, 0.15) is 80.4 Å². The van der Waals surface area contributed by atoms with Gasteiger partial charge < -0.3 is 21.3 Å². The van der Waals surface area contributed by atoms with Crippen LogP contribution in [0.5, 0.6) is 0 Å². The second-order valence-corrected chi connectivity index (χ2v) is 34.5. The molecule has 0 unspecified atom stereocenters. The molecule has 0 heterocycles. The van der Waals surface area contributed by atoms with Crippen LogP contribution in [0, 0.1) is 27.7 Å². The van der Waals surface area contributed by atoms with Crippen LogP contribution in [0.15, 0.2) is 311 Å². The number of hydrogen-bond donors (Lipinski definition) is 7. The first-order valence-electron chi connectivity index (χ1n) is 35.2. The minimum absolute atomic E-state index is 0.119. The molecule has 0 fully saturated rings. The van der Waals surface area contributed by atoms with Crippen LogP contribution >= 0.6 is 46.4 Å². The van der Waals surface area contributed by atoms with Gasteiger partial charge in [0.25, 0.3) is 63.7 Å². The quantitative estimate of drug-likeness (QED) is 0.0281. The summed E-state index contributed by atoms with van der Waals surface area (Å²) in [7, 11) is -13.9. The highest BCUT2D eigenvalue weighted by Crippen LogP contribution is 2.31. The number of nitrogens with zero attached hydrogens (tertiary/aromatic N) is 1. The summed E-state index contributed by atoms with van der Waals surface area (Å²) in [6, 6.07) is 81.3. The van der Waals surface area contributed by atoms with Crippen LogP contribution in [0.25, 0.3) is 0 Å². The number of carbonyl (C=O) groups is 4. The number of para-hydroxylation sites is 2. The number of rotatable bonds is 25. The van der Waals surface area contributed by atoms with Crippen molar-refractivity contribution in [2.75, 3.05) is 43.9 Å². The average molecular weight is 1690 g/mol. The molecule has 0 aliphatic carbocycles. The Hall–Kier alpha value is -11.3. The number of benzene rings is 12.